The largest absolute Gasteiger partial charge is 0.461 e. The first-order valence-corrected chi connectivity index (χ1v) is 7.03. The van der Waals surface area contributed by atoms with E-state index in [4.69, 9.17) is 9.47 Å². The van der Waals surface area contributed by atoms with Gasteiger partial charge < -0.3 is 9.47 Å². The molecule has 0 N–H and O–H groups in total. The first-order chi connectivity index (χ1) is 9.97. The second-order valence-electron chi connectivity index (χ2n) is 5.11. The third-order valence-electron chi connectivity index (χ3n) is 2.72. The Hall–Kier alpha value is -2.10. The fourth-order valence-electron chi connectivity index (χ4n) is 1.61. The number of carbonyl (C=O) groups is 2. The highest BCUT2D eigenvalue weighted by Crippen LogP contribution is 2.13. The molecule has 0 aliphatic heterocycles. The van der Waals surface area contributed by atoms with E-state index in [-0.39, 0.29) is 31.4 Å². The molecule has 0 aliphatic rings. The molecule has 0 amide bonds. The van der Waals surface area contributed by atoms with Crippen LogP contribution < -0.4 is 4.74 Å². The average Bonchev–Trinajstić information content (AvgIpc) is 2.38. The molecule has 114 valence electrons. The van der Waals surface area contributed by atoms with Crippen LogP contribution in [0.2, 0.25) is 0 Å². The molecule has 0 aliphatic carbocycles. The summed E-state index contributed by atoms with van der Waals surface area (Å²) in [5.74, 6) is -0.0975. The standard InChI is InChI=1S/C17H22O4/c1-13(2)10-11-20-16(18)8-5-9-17(19)21-15-7-4-6-14(3)12-15/h4,6-7,10,12H,5,8-9,11H2,1-3H3. The van der Waals surface area contributed by atoms with Crippen molar-refractivity contribution in [3.8, 4) is 5.75 Å². The van der Waals surface area contributed by atoms with Gasteiger partial charge in [0.1, 0.15) is 12.4 Å². The number of hydrogen-bond donors (Lipinski definition) is 0. The normalized spacial score (nSPS) is 9.86. The SMILES string of the molecule is CC(C)=CCOC(=O)CCCC(=O)Oc1cccc(C)c1. The van der Waals surface area contributed by atoms with Gasteiger partial charge in [-0.05, 0) is 51.0 Å². The molecule has 0 unspecified atom stereocenters. The van der Waals surface area contributed by atoms with Crippen molar-refractivity contribution in [2.45, 2.75) is 40.0 Å². The lowest BCUT2D eigenvalue weighted by Gasteiger charge is -2.05. The zero-order valence-electron chi connectivity index (χ0n) is 12.8. The lowest BCUT2D eigenvalue weighted by molar-refractivity contribution is -0.142. The molecule has 4 heteroatoms. The molecule has 1 aromatic carbocycles. The molecule has 0 spiro atoms. The van der Waals surface area contributed by atoms with Gasteiger partial charge >= 0.3 is 11.9 Å². The summed E-state index contributed by atoms with van der Waals surface area (Å²) in [5, 5.41) is 0. The van der Waals surface area contributed by atoms with Gasteiger partial charge in [-0.2, -0.15) is 0 Å². The summed E-state index contributed by atoms with van der Waals surface area (Å²) >= 11 is 0. The highest BCUT2D eigenvalue weighted by Gasteiger charge is 2.08. The van der Waals surface area contributed by atoms with E-state index in [1.165, 1.54) is 0 Å². The fraction of sp³-hybridized carbons (Fsp3) is 0.412. The van der Waals surface area contributed by atoms with E-state index in [9.17, 15) is 9.59 Å². The first-order valence-electron chi connectivity index (χ1n) is 7.03. The summed E-state index contributed by atoms with van der Waals surface area (Å²) in [6.45, 7) is 6.10. The number of carbonyl (C=O) groups excluding carboxylic acids is 2. The number of allylic oxidation sites excluding steroid dienone is 1. The maximum Gasteiger partial charge on any atom is 0.311 e. The third kappa shape index (κ3) is 7.92. The van der Waals surface area contributed by atoms with Crippen LogP contribution in [0.5, 0.6) is 5.75 Å². The van der Waals surface area contributed by atoms with Crippen molar-refractivity contribution in [3.63, 3.8) is 0 Å². The molecule has 0 saturated heterocycles. The molecule has 0 saturated carbocycles. The summed E-state index contributed by atoms with van der Waals surface area (Å²) in [6.07, 6.45) is 2.69. The molecule has 0 aromatic heterocycles. The molecule has 21 heavy (non-hydrogen) atoms. The molecular formula is C17H22O4. The van der Waals surface area contributed by atoms with E-state index >= 15 is 0 Å². The quantitative estimate of drug-likeness (QED) is 0.437. The molecular weight excluding hydrogens is 268 g/mol. The molecule has 4 nitrogen and oxygen atoms in total. The Labute approximate surface area is 125 Å². The third-order valence-corrected chi connectivity index (χ3v) is 2.72. The summed E-state index contributed by atoms with van der Waals surface area (Å²) in [6, 6.07) is 7.29. The van der Waals surface area contributed by atoms with Crippen LogP contribution >= 0.6 is 0 Å². The van der Waals surface area contributed by atoms with E-state index in [1.54, 1.807) is 12.1 Å². The smallest absolute Gasteiger partial charge is 0.311 e. The predicted octanol–water partition coefficient (Wildman–Crippen LogP) is 3.58. The Morgan fingerprint density at radius 1 is 1.14 bits per heavy atom. The van der Waals surface area contributed by atoms with Crippen molar-refractivity contribution in [1.29, 1.82) is 0 Å². The molecule has 0 fully saturated rings. The molecule has 0 bridgehead atoms. The Morgan fingerprint density at radius 3 is 2.52 bits per heavy atom. The Balaban J connectivity index is 2.21. The minimum Gasteiger partial charge on any atom is -0.461 e. The van der Waals surface area contributed by atoms with Crippen molar-refractivity contribution in [2.24, 2.45) is 0 Å². The molecule has 0 radical (unpaired) electrons. The second-order valence-corrected chi connectivity index (χ2v) is 5.11. The average molecular weight is 290 g/mol. The number of aryl methyl sites for hydroxylation is 1. The first kappa shape index (κ1) is 17.0. The van der Waals surface area contributed by atoms with Gasteiger partial charge in [0.15, 0.2) is 0 Å². The second kappa shape index (κ2) is 8.95. The van der Waals surface area contributed by atoms with Gasteiger partial charge in [-0.25, -0.2) is 0 Å². The van der Waals surface area contributed by atoms with Crippen LogP contribution in [0.15, 0.2) is 35.9 Å². The van der Waals surface area contributed by atoms with Gasteiger partial charge in [-0.15, -0.1) is 0 Å². The summed E-state index contributed by atoms with van der Waals surface area (Å²) in [4.78, 5) is 23.0. The summed E-state index contributed by atoms with van der Waals surface area (Å²) in [5.41, 5.74) is 2.13. The van der Waals surface area contributed by atoms with E-state index in [1.807, 2.05) is 39.0 Å². The zero-order valence-corrected chi connectivity index (χ0v) is 12.8. The topological polar surface area (TPSA) is 52.6 Å². The van der Waals surface area contributed by atoms with Crippen molar-refractivity contribution < 1.29 is 19.1 Å². The Kier molecular flexibility index (Phi) is 7.23. The van der Waals surface area contributed by atoms with E-state index in [0.717, 1.165) is 11.1 Å². The minimum absolute atomic E-state index is 0.200. The summed E-state index contributed by atoms with van der Waals surface area (Å²) in [7, 11) is 0. The van der Waals surface area contributed by atoms with Crippen LogP contribution in [0, 0.1) is 6.92 Å². The zero-order chi connectivity index (χ0) is 15.7. The van der Waals surface area contributed by atoms with Crippen LogP contribution in [-0.4, -0.2) is 18.5 Å². The minimum atomic E-state index is -0.335. The highest BCUT2D eigenvalue weighted by molar-refractivity contribution is 5.74. The van der Waals surface area contributed by atoms with Crippen molar-refractivity contribution in [3.05, 3.63) is 41.5 Å². The van der Waals surface area contributed by atoms with Crippen LogP contribution in [0.4, 0.5) is 0 Å². The number of rotatable bonds is 7. The Morgan fingerprint density at radius 2 is 1.86 bits per heavy atom. The predicted molar refractivity (Wildman–Crippen MR) is 81.1 cm³/mol. The van der Waals surface area contributed by atoms with Crippen molar-refractivity contribution in [1.82, 2.24) is 0 Å². The number of esters is 2. The monoisotopic (exact) mass is 290 g/mol. The van der Waals surface area contributed by atoms with Gasteiger partial charge in [-0.1, -0.05) is 17.7 Å². The van der Waals surface area contributed by atoms with Gasteiger partial charge in [0.25, 0.3) is 0 Å². The number of benzene rings is 1. The lowest BCUT2D eigenvalue weighted by atomic mass is 10.2. The van der Waals surface area contributed by atoms with Crippen molar-refractivity contribution >= 4 is 11.9 Å². The maximum atomic E-state index is 11.6. The highest BCUT2D eigenvalue weighted by atomic mass is 16.5. The van der Waals surface area contributed by atoms with E-state index < -0.39 is 0 Å². The van der Waals surface area contributed by atoms with Crippen LogP contribution in [-0.2, 0) is 14.3 Å². The molecule has 0 atom stereocenters. The number of ether oxygens (including phenoxy) is 2. The van der Waals surface area contributed by atoms with Crippen LogP contribution in [0.1, 0.15) is 38.7 Å². The maximum absolute atomic E-state index is 11.6. The van der Waals surface area contributed by atoms with Crippen LogP contribution in [0.3, 0.4) is 0 Å². The van der Waals surface area contributed by atoms with Gasteiger partial charge in [0, 0.05) is 12.8 Å². The van der Waals surface area contributed by atoms with Gasteiger partial charge in [0.2, 0.25) is 0 Å². The molecule has 0 heterocycles. The van der Waals surface area contributed by atoms with Crippen LogP contribution in [0.25, 0.3) is 0 Å². The van der Waals surface area contributed by atoms with Gasteiger partial charge in [-0.3, -0.25) is 9.59 Å². The van der Waals surface area contributed by atoms with E-state index in [0.29, 0.717) is 12.2 Å². The molecule has 1 aromatic rings. The molecule has 1 rings (SSSR count). The van der Waals surface area contributed by atoms with Crippen molar-refractivity contribution in [2.75, 3.05) is 6.61 Å². The number of hydrogen-bond acceptors (Lipinski definition) is 4. The fourth-order valence-corrected chi connectivity index (χ4v) is 1.61. The van der Waals surface area contributed by atoms with Gasteiger partial charge in [0.05, 0.1) is 0 Å². The van der Waals surface area contributed by atoms with E-state index in [2.05, 4.69) is 0 Å². The lowest BCUT2D eigenvalue weighted by Crippen LogP contribution is -2.10. The summed E-state index contributed by atoms with van der Waals surface area (Å²) < 4.78 is 10.2. The Bertz CT molecular complexity index is 513.